The van der Waals surface area contributed by atoms with Gasteiger partial charge in [0.25, 0.3) is 0 Å². The van der Waals surface area contributed by atoms with Crippen molar-refractivity contribution in [2.45, 2.75) is 245 Å². The number of carbonyl (C=O) groups is 2. The maximum absolute atomic E-state index is 12.7. The molecule has 0 heterocycles. The molecule has 0 aromatic rings. The van der Waals surface area contributed by atoms with Crippen LogP contribution in [-0.4, -0.2) is 74.9 Å². The van der Waals surface area contributed by atoms with Gasteiger partial charge in [-0.25, -0.2) is 4.57 Å². The lowest BCUT2D eigenvalue weighted by Crippen LogP contribution is -2.37. The standard InChI is InChI=1S/C47H94NO8P/c1-6-8-10-12-14-16-18-19-20-21-22-23-24-25-26-27-28-30-31-33-35-37-39-46(49)53-43-45(44-55-57(51,52)54-42-41-48(3,4)5)56-47(50)40-38-36-34-32-29-17-15-13-11-9-7-2/h45H,6-44H2,1-5H3/p+1/t45-/m1/s1. The van der Waals surface area contributed by atoms with Gasteiger partial charge in [-0.1, -0.05) is 213 Å². The molecule has 0 radical (unpaired) electrons. The fraction of sp³-hybridized carbons (Fsp3) is 0.957. The zero-order valence-corrected chi connectivity index (χ0v) is 39.2. The summed E-state index contributed by atoms with van der Waals surface area (Å²) >= 11 is 0. The quantitative estimate of drug-likeness (QED) is 0.0280. The minimum absolute atomic E-state index is 0.0368. The van der Waals surface area contributed by atoms with Crippen LogP contribution in [0, 0.1) is 0 Å². The third-order valence-electron chi connectivity index (χ3n) is 10.9. The normalized spacial score (nSPS) is 13.4. The van der Waals surface area contributed by atoms with Gasteiger partial charge in [-0.2, -0.15) is 0 Å². The van der Waals surface area contributed by atoms with Gasteiger partial charge in [0, 0.05) is 12.8 Å². The summed E-state index contributed by atoms with van der Waals surface area (Å²) in [6.07, 6.45) is 41.6. The van der Waals surface area contributed by atoms with E-state index in [0.29, 0.717) is 17.4 Å². The minimum atomic E-state index is -4.37. The van der Waals surface area contributed by atoms with Gasteiger partial charge in [-0.15, -0.1) is 0 Å². The Morgan fingerprint density at radius 3 is 1.12 bits per heavy atom. The van der Waals surface area contributed by atoms with Crippen molar-refractivity contribution in [3.8, 4) is 0 Å². The Labute approximate surface area is 353 Å². The van der Waals surface area contributed by atoms with E-state index in [0.717, 1.165) is 38.5 Å². The summed E-state index contributed by atoms with van der Waals surface area (Å²) in [6, 6.07) is 0. The van der Waals surface area contributed by atoms with Crippen molar-refractivity contribution in [3.63, 3.8) is 0 Å². The summed E-state index contributed by atoms with van der Waals surface area (Å²) in [5.74, 6) is -0.783. The molecule has 10 heteroatoms. The lowest BCUT2D eigenvalue weighted by molar-refractivity contribution is -0.870. The van der Waals surface area contributed by atoms with Crippen molar-refractivity contribution in [2.24, 2.45) is 0 Å². The Bertz CT molecular complexity index is 943. The maximum atomic E-state index is 12.7. The van der Waals surface area contributed by atoms with Crippen LogP contribution in [-0.2, 0) is 32.7 Å². The second-order valence-corrected chi connectivity index (χ2v) is 19.3. The molecular formula is C47H95NO8P+. The van der Waals surface area contributed by atoms with Crippen LogP contribution in [0.15, 0.2) is 0 Å². The number of hydrogen-bond acceptors (Lipinski definition) is 7. The average Bonchev–Trinajstić information content (AvgIpc) is 3.16. The third kappa shape index (κ3) is 44.4. The summed E-state index contributed by atoms with van der Waals surface area (Å²) in [5.41, 5.74) is 0. The first-order chi connectivity index (χ1) is 27.5. The van der Waals surface area contributed by atoms with Gasteiger partial charge in [0.1, 0.15) is 19.8 Å². The van der Waals surface area contributed by atoms with Crippen molar-refractivity contribution in [1.82, 2.24) is 0 Å². The molecule has 1 N–H and O–H groups in total. The molecule has 0 aliphatic carbocycles. The van der Waals surface area contributed by atoms with Crippen LogP contribution in [0.3, 0.4) is 0 Å². The van der Waals surface area contributed by atoms with Gasteiger partial charge in [0.05, 0.1) is 27.7 Å². The fourth-order valence-electron chi connectivity index (χ4n) is 7.08. The molecule has 340 valence electrons. The predicted molar refractivity (Wildman–Crippen MR) is 238 cm³/mol. The molecule has 0 bridgehead atoms. The van der Waals surface area contributed by atoms with Crippen molar-refractivity contribution < 1.29 is 42.1 Å². The molecule has 57 heavy (non-hydrogen) atoms. The highest BCUT2D eigenvalue weighted by molar-refractivity contribution is 7.47. The van der Waals surface area contributed by atoms with E-state index in [1.165, 1.54) is 173 Å². The number of likely N-dealkylation sites (N-methyl/N-ethyl adjacent to an activating group) is 1. The number of esters is 2. The van der Waals surface area contributed by atoms with Gasteiger partial charge < -0.3 is 18.9 Å². The number of rotatable bonds is 45. The molecule has 0 saturated carbocycles. The molecule has 9 nitrogen and oxygen atoms in total. The average molecular weight is 833 g/mol. The van der Waals surface area contributed by atoms with Crippen LogP contribution in [0.1, 0.15) is 239 Å². The highest BCUT2D eigenvalue weighted by Crippen LogP contribution is 2.43. The first-order valence-corrected chi connectivity index (χ1v) is 25.8. The first-order valence-electron chi connectivity index (χ1n) is 24.3. The Kier molecular flexibility index (Phi) is 39.7. The Balaban J connectivity index is 4.13. The van der Waals surface area contributed by atoms with E-state index in [2.05, 4.69) is 13.8 Å². The van der Waals surface area contributed by atoms with E-state index in [9.17, 15) is 19.0 Å². The number of phosphoric acid groups is 1. The van der Waals surface area contributed by atoms with Crippen molar-refractivity contribution >= 4 is 19.8 Å². The molecule has 0 aliphatic rings. The zero-order chi connectivity index (χ0) is 42.1. The maximum Gasteiger partial charge on any atom is 0.472 e. The smallest absolute Gasteiger partial charge is 0.462 e. The molecular weight excluding hydrogens is 737 g/mol. The number of carbonyl (C=O) groups excluding carboxylic acids is 2. The van der Waals surface area contributed by atoms with Crippen LogP contribution in [0.2, 0.25) is 0 Å². The van der Waals surface area contributed by atoms with E-state index < -0.39 is 26.5 Å². The molecule has 0 aromatic heterocycles. The second kappa shape index (κ2) is 40.4. The SMILES string of the molecule is CCCCCCCCCCCCCCCCCCCCCCCCC(=O)OC[C@H](COP(=O)(O)OCC[N+](C)(C)C)OC(=O)CCCCCCCCCCCCC. The number of unbranched alkanes of at least 4 members (excludes halogenated alkanes) is 31. The summed E-state index contributed by atoms with van der Waals surface area (Å²) in [7, 11) is 1.49. The number of quaternary nitrogens is 1. The Hall–Kier alpha value is -0.990. The molecule has 0 saturated heterocycles. The van der Waals surface area contributed by atoms with Crippen LogP contribution < -0.4 is 0 Å². The fourth-order valence-corrected chi connectivity index (χ4v) is 7.82. The third-order valence-corrected chi connectivity index (χ3v) is 11.9. The zero-order valence-electron chi connectivity index (χ0n) is 38.4. The number of nitrogens with zero attached hydrogens (tertiary/aromatic N) is 1. The van der Waals surface area contributed by atoms with Gasteiger partial charge in [0.2, 0.25) is 0 Å². The van der Waals surface area contributed by atoms with Crippen LogP contribution >= 0.6 is 7.82 Å². The summed E-state index contributed by atoms with van der Waals surface area (Å²) < 4.78 is 34.3. The summed E-state index contributed by atoms with van der Waals surface area (Å²) in [5, 5.41) is 0. The van der Waals surface area contributed by atoms with Crippen LogP contribution in [0.25, 0.3) is 0 Å². The van der Waals surface area contributed by atoms with E-state index in [1.807, 2.05) is 21.1 Å². The van der Waals surface area contributed by atoms with Gasteiger partial charge in [0.15, 0.2) is 6.10 Å². The first kappa shape index (κ1) is 56.0. The number of hydrogen-bond donors (Lipinski definition) is 1. The molecule has 0 fully saturated rings. The highest BCUT2D eigenvalue weighted by Gasteiger charge is 2.27. The van der Waals surface area contributed by atoms with Crippen molar-refractivity contribution in [3.05, 3.63) is 0 Å². The second-order valence-electron chi connectivity index (χ2n) is 17.9. The topological polar surface area (TPSA) is 108 Å². The van der Waals surface area contributed by atoms with Gasteiger partial charge in [-0.05, 0) is 12.8 Å². The number of phosphoric ester groups is 1. The monoisotopic (exact) mass is 833 g/mol. The molecule has 0 spiro atoms. The van der Waals surface area contributed by atoms with E-state index in [4.69, 9.17) is 18.5 Å². The molecule has 0 amide bonds. The van der Waals surface area contributed by atoms with Gasteiger partial charge >= 0.3 is 19.8 Å². The largest absolute Gasteiger partial charge is 0.472 e. The summed E-state index contributed by atoms with van der Waals surface area (Å²) in [6.45, 7) is 4.46. The van der Waals surface area contributed by atoms with E-state index in [1.54, 1.807) is 0 Å². The number of ether oxygens (including phenoxy) is 2. The predicted octanol–water partition coefficient (Wildman–Crippen LogP) is 14.0. The Morgan fingerprint density at radius 2 is 0.789 bits per heavy atom. The molecule has 2 atom stereocenters. The van der Waals surface area contributed by atoms with Crippen molar-refractivity contribution in [1.29, 1.82) is 0 Å². The highest BCUT2D eigenvalue weighted by atomic mass is 31.2. The molecule has 0 aliphatic heterocycles. The van der Waals surface area contributed by atoms with Crippen LogP contribution in [0.4, 0.5) is 0 Å². The molecule has 0 rings (SSSR count). The van der Waals surface area contributed by atoms with Gasteiger partial charge in [-0.3, -0.25) is 18.6 Å². The van der Waals surface area contributed by atoms with E-state index in [-0.39, 0.29) is 25.6 Å². The minimum Gasteiger partial charge on any atom is -0.462 e. The molecule has 1 unspecified atom stereocenters. The Morgan fingerprint density at radius 1 is 0.474 bits per heavy atom. The van der Waals surface area contributed by atoms with E-state index >= 15 is 0 Å². The van der Waals surface area contributed by atoms with Crippen LogP contribution in [0.5, 0.6) is 0 Å². The molecule has 0 aromatic carbocycles. The lowest BCUT2D eigenvalue weighted by atomic mass is 10.0. The van der Waals surface area contributed by atoms with Crippen molar-refractivity contribution in [2.75, 3.05) is 47.5 Å². The lowest BCUT2D eigenvalue weighted by Gasteiger charge is -2.24. The summed E-state index contributed by atoms with van der Waals surface area (Å²) in [4.78, 5) is 35.4.